The van der Waals surface area contributed by atoms with E-state index < -0.39 is 5.97 Å². The number of anilines is 1. The van der Waals surface area contributed by atoms with Gasteiger partial charge in [-0.2, -0.15) is 0 Å². The lowest BCUT2D eigenvalue weighted by molar-refractivity contribution is -0.137. The summed E-state index contributed by atoms with van der Waals surface area (Å²) in [5.41, 5.74) is 1.04. The Kier molecular flexibility index (Phi) is 15.0. The maximum Gasteiger partial charge on any atom is 0.303 e. The average molecular weight is 438 g/mol. The minimum absolute atomic E-state index is 0.221. The van der Waals surface area contributed by atoms with Crippen molar-refractivity contribution in [3.05, 3.63) is 24.3 Å². The van der Waals surface area contributed by atoms with Gasteiger partial charge in [-0.15, -0.1) is 11.8 Å². The quantitative estimate of drug-likeness (QED) is 0.147. The molecule has 5 heteroatoms. The topological polar surface area (TPSA) is 49.3 Å². The van der Waals surface area contributed by atoms with Crippen LogP contribution in [0.25, 0.3) is 0 Å². The van der Waals surface area contributed by atoms with E-state index in [0.717, 1.165) is 40.1 Å². The monoisotopic (exact) mass is 437 g/mol. The number of rotatable bonds is 17. The predicted molar refractivity (Wildman–Crippen MR) is 131 cm³/mol. The van der Waals surface area contributed by atoms with Gasteiger partial charge in [-0.25, -0.2) is 0 Å². The second-order valence-electron chi connectivity index (χ2n) is 8.15. The van der Waals surface area contributed by atoms with Crippen LogP contribution in [0.3, 0.4) is 0 Å². The van der Waals surface area contributed by atoms with Crippen LogP contribution in [-0.4, -0.2) is 21.8 Å². The molecule has 164 valence electrons. The second-order valence-corrected chi connectivity index (χ2v) is 9.78. The standard InChI is InChI=1S/C24H39NO2S2/c1-20(2)14-9-7-5-3-4-6-8-10-17-23(28)25-21-15-11-12-16-22(21)29-19-13-18-24(26)27/h11-12,15-16,20H,3-10,13-14,17-19H2,1-2H3,(H,25,28)(H,26,27). The minimum Gasteiger partial charge on any atom is -0.481 e. The van der Waals surface area contributed by atoms with Gasteiger partial charge in [0.1, 0.15) is 0 Å². The zero-order valence-corrected chi connectivity index (χ0v) is 19.9. The maximum absolute atomic E-state index is 10.6. The van der Waals surface area contributed by atoms with E-state index in [-0.39, 0.29) is 6.42 Å². The van der Waals surface area contributed by atoms with Crippen LogP contribution < -0.4 is 5.32 Å². The molecule has 0 spiro atoms. The average Bonchev–Trinajstić information content (AvgIpc) is 2.67. The van der Waals surface area contributed by atoms with E-state index in [4.69, 9.17) is 17.3 Å². The van der Waals surface area contributed by atoms with Gasteiger partial charge in [0, 0.05) is 11.3 Å². The minimum atomic E-state index is -0.732. The van der Waals surface area contributed by atoms with E-state index in [1.165, 1.54) is 51.4 Å². The van der Waals surface area contributed by atoms with Crippen molar-refractivity contribution >= 4 is 40.6 Å². The number of unbranched alkanes of at least 4 members (excludes halogenated alkanes) is 7. The van der Waals surface area contributed by atoms with Gasteiger partial charge in [-0.3, -0.25) is 4.79 Å². The predicted octanol–water partition coefficient (Wildman–Crippen LogP) is 7.94. The summed E-state index contributed by atoms with van der Waals surface area (Å²) in [6, 6.07) is 8.13. The van der Waals surface area contributed by atoms with Crippen LogP contribution in [0.15, 0.2) is 29.2 Å². The highest BCUT2D eigenvalue weighted by Gasteiger charge is 2.06. The molecule has 0 aliphatic carbocycles. The Morgan fingerprint density at radius 1 is 0.966 bits per heavy atom. The van der Waals surface area contributed by atoms with E-state index >= 15 is 0 Å². The molecule has 0 atom stereocenters. The van der Waals surface area contributed by atoms with E-state index in [1.54, 1.807) is 11.8 Å². The summed E-state index contributed by atoms with van der Waals surface area (Å²) >= 11 is 7.23. The summed E-state index contributed by atoms with van der Waals surface area (Å²) < 4.78 is 0. The van der Waals surface area contributed by atoms with Gasteiger partial charge in [-0.05, 0) is 43.1 Å². The molecule has 1 aromatic rings. The fourth-order valence-corrected chi connectivity index (χ4v) is 4.43. The van der Waals surface area contributed by atoms with Crippen molar-refractivity contribution in [1.82, 2.24) is 0 Å². The number of benzene rings is 1. The van der Waals surface area contributed by atoms with Crippen LogP contribution in [-0.2, 0) is 4.79 Å². The number of para-hydroxylation sites is 1. The Morgan fingerprint density at radius 3 is 2.24 bits per heavy atom. The molecular weight excluding hydrogens is 398 g/mol. The molecule has 0 aromatic heterocycles. The largest absolute Gasteiger partial charge is 0.481 e. The molecule has 0 bridgehead atoms. The molecule has 0 aliphatic heterocycles. The van der Waals surface area contributed by atoms with Crippen LogP contribution in [0.4, 0.5) is 5.69 Å². The number of carboxylic acid groups (broad SMARTS) is 1. The first-order valence-corrected chi connectivity index (χ1v) is 12.6. The second kappa shape index (κ2) is 16.7. The summed E-state index contributed by atoms with van der Waals surface area (Å²) in [4.78, 5) is 12.7. The molecule has 0 saturated carbocycles. The number of hydrogen-bond donors (Lipinski definition) is 2. The normalized spacial score (nSPS) is 11.0. The van der Waals surface area contributed by atoms with Gasteiger partial charge in [0.05, 0.1) is 10.7 Å². The number of thioether (sulfide) groups is 1. The van der Waals surface area contributed by atoms with Crippen molar-refractivity contribution < 1.29 is 9.90 Å². The van der Waals surface area contributed by atoms with Crippen LogP contribution >= 0.6 is 24.0 Å². The molecule has 0 radical (unpaired) electrons. The first-order valence-electron chi connectivity index (χ1n) is 11.2. The number of carboxylic acids is 1. The third-order valence-electron chi connectivity index (χ3n) is 4.89. The molecule has 1 aromatic carbocycles. The lowest BCUT2D eigenvalue weighted by atomic mass is 10.0. The Balaban J connectivity index is 2.13. The van der Waals surface area contributed by atoms with Crippen molar-refractivity contribution in [3.63, 3.8) is 0 Å². The first-order chi connectivity index (χ1) is 14.0. The molecule has 1 rings (SSSR count). The van der Waals surface area contributed by atoms with Crippen molar-refractivity contribution in [2.75, 3.05) is 11.1 Å². The highest BCUT2D eigenvalue weighted by Crippen LogP contribution is 2.28. The van der Waals surface area contributed by atoms with E-state index in [0.29, 0.717) is 6.42 Å². The molecule has 0 aliphatic rings. The van der Waals surface area contributed by atoms with Crippen molar-refractivity contribution in [1.29, 1.82) is 0 Å². The summed E-state index contributed by atoms with van der Waals surface area (Å²) in [6.07, 6.45) is 13.8. The maximum atomic E-state index is 10.6. The Bertz CT molecular complexity index is 590. The smallest absolute Gasteiger partial charge is 0.303 e. The third-order valence-corrected chi connectivity index (χ3v) is 6.35. The summed E-state index contributed by atoms with van der Waals surface area (Å²) in [6.45, 7) is 4.61. The van der Waals surface area contributed by atoms with Gasteiger partial charge >= 0.3 is 5.97 Å². The van der Waals surface area contributed by atoms with Crippen LogP contribution in [0.2, 0.25) is 0 Å². The fraction of sp³-hybridized carbons (Fsp3) is 0.667. The van der Waals surface area contributed by atoms with E-state index in [2.05, 4.69) is 25.2 Å². The molecule has 0 unspecified atom stereocenters. The Morgan fingerprint density at radius 2 is 1.59 bits per heavy atom. The number of aliphatic carboxylic acids is 1. The van der Waals surface area contributed by atoms with E-state index in [9.17, 15) is 4.79 Å². The SMILES string of the molecule is CC(C)CCCCCCCCCCC(=S)Nc1ccccc1SCCCC(=O)O. The van der Waals surface area contributed by atoms with Crippen LogP contribution in [0.1, 0.15) is 90.9 Å². The Labute approximate surface area is 187 Å². The molecule has 0 saturated heterocycles. The number of carbonyl (C=O) groups is 1. The third kappa shape index (κ3) is 14.5. The number of hydrogen-bond acceptors (Lipinski definition) is 3. The Hall–Kier alpha value is -1.07. The first kappa shape index (κ1) is 26.0. The lowest BCUT2D eigenvalue weighted by Gasteiger charge is -2.12. The zero-order chi connectivity index (χ0) is 21.3. The molecular formula is C24H39NO2S2. The summed E-state index contributed by atoms with van der Waals surface area (Å²) in [5.74, 6) is 0.911. The molecule has 0 amide bonds. The molecule has 3 nitrogen and oxygen atoms in total. The van der Waals surface area contributed by atoms with Gasteiger partial charge in [0.25, 0.3) is 0 Å². The molecule has 0 heterocycles. The summed E-state index contributed by atoms with van der Waals surface area (Å²) in [5, 5.41) is 12.1. The molecule has 2 N–H and O–H groups in total. The molecule has 0 fully saturated rings. The van der Waals surface area contributed by atoms with Crippen LogP contribution in [0.5, 0.6) is 0 Å². The molecule has 29 heavy (non-hydrogen) atoms. The highest BCUT2D eigenvalue weighted by atomic mass is 32.2. The van der Waals surface area contributed by atoms with Gasteiger partial charge in [-0.1, -0.05) is 89.6 Å². The number of nitrogens with one attached hydrogen (secondary N) is 1. The van der Waals surface area contributed by atoms with Gasteiger partial charge in [0.2, 0.25) is 0 Å². The highest BCUT2D eigenvalue weighted by molar-refractivity contribution is 7.99. The van der Waals surface area contributed by atoms with Crippen molar-refractivity contribution in [2.45, 2.75) is 95.8 Å². The number of thiocarbonyl (C=S) groups is 1. The van der Waals surface area contributed by atoms with Crippen molar-refractivity contribution in [2.24, 2.45) is 5.92 Å². The van der Waals surface area contributed by atoms with E-state index in [1.807, 2.05) is 18.2 Å². The lowest BCUT2D eigenvalue weighted by Crippen LogP contribution is -2.09. The van der Waals surface area contributed by atoms with Gasteiger partial charge in [0.15, 0.2) is 0 Å². The zero-order valence-electron chi connectivity index (χ0n) is 18.3. The summed E-state index contributed by atoms with van der Waals surface area (Å²) in [7, 11) is 0. The van der Waals surface area contributed by atoms with Crippen molar-refractivity contribution in [3.8, 4) is 0 Å². The fourth-order valence-electron chi connectivity index (χ4n) is 3.21. The van der Waals surface area contributed by atoms with Gasteiger partial charge < -0.3 is 10.4 Å². The van der Waals surface area contributed by atoms with Crippen LogP contribution in [0, 0.1) is 5.92 Å².